The fourth-order valence-electron chi connectivity index (χ4n) is 8.10. The minimum Gasteiger partial charge on any atom is -0.405 e. The Balaban J connectivity index is 1.14. The van der Waals surface area contributed by atoms with Gasteiger partial charge in [0, 0.05) is 0 Å². The van der Waals surface area contributed by atoms with Crippen LogP contribution in [0.5, 0.6) is 0 Å². The number of nitrogens with zero attached hydrogens (tertiary/aromatic N) is 1. The summed E-state index contributed by atoms with van der Waals surface area (Å²) >= 11 is 0. The molecule has 0 spiro atoms. The molecule has 2 saturated heterocycles. The second-order valence-corrected chi connectivity index (χ2v) is 19.7. The van der Waals surface area contributed by atoms with Gasteiger partial charge in [0.05, 0.1) is 45.1 Å². The van der Waals surface area contributed by atoms with Crippen LogP contribution < -0.4 is 10.4 Å². The van der Waals surface area contributed by atoms with E-state index < -0.39 is 20.5 Å². The van der Waals surface area contributed by atoms with Gasteiger partial charge in [-0.1, -0.05) is 172 Å². The summed E-state index contributed by atoms with van der Waals surface area (Å²) in [7, 11) is -2.87. The number of ether oxygens (including phenoxy) is 3. The van der Waals surface area contributed by atoms with Gasteiger partial charge in [-0.15, -0.1) is 0 Å². The van der Waals surface area contributed by atoms with Gasteiger partial charge >= 0.3 is 0 Å². The van der Waals surface area contributed by atoms with Crippen LogP contribution in [0.1, 0.15) is 43.9 Å². The fraction of sp³-hybridized carbons (Fsp3) is 0.348. The van der Waals surface area contributed by atoms with Gasteiger partial charge in [0.2, 0.25) is 0 Å². The largest absolute Gasteiger partial charge is 0.405 e. The number of benzene rings is 5. The van der Waals surface area contributed by atoms with E-state index in [4.69, 9.17) is 23.5 Å². The lowest BCUT2D eigenvalue weighted by atomic mass is 10.00. The Morgan fingerprint density at radius 1 is 0.648 bits per heavy atom. The smallest absolute Gasteiger partial charge is 0.261 e. The minimum atomic E-state index is -2.87. The van der Waals surface area contributed by atoms with Crippen LogP contribution in [0.15, 0.2) is 152 Å². The average Bonchev–Trinajstić information content (AvgIpc) is 3.75. The van der Waals surface area contributed by atoms with Gasteiger partial charge in [-0.2, -0.15) is 5.06 Å². The van der Waals surface area contributed by atoms with Crippen molar-refractivity contribution in [1.29, 1.82) is 0 Å². The van der Waals surface area contributed by atoms with Gasteiger partial charge in [0.15, 0.2) is 0 Å². The number of aliphatic hydroxyl groups is 1. The number of hydrogen-bond donors (Lipinski definition) is 1. The van der Waals surface area contributed by atoms with E-state index in [1.807, 2.05) is 71.8 Å². The van der Waals surface area contributed by atoms with Crippen molar-refractivity contribution in [3.05, 3.63) is 168 Å². The van der Waals surface area contributed by atoms with E-state index >= 15 is 0 Å². The highest BCUT2D eigenvalue weighted by atomic mass is 28.4. The number of hydroxylamine groups is 2. The van der Waals surface area contributed by atoms with Gasteiger partial charge in [-0.3, -0.25) is 4.84 Å². The highest BCUT2D eigenvalue weighted by Gasteiger charge is 2.57. The number of fused-ring (bicyclic) bond motifs is 1. The maximum Gasteiger partial charge on any atom is 0.261 e. The number of rotatable bonds is 16. The highest BCUT2D eigenvalue weighted by Crippen LogP contribution is 2.41. The summed E-state index contributed by atoms with van der Waals surface area (Å²) < 4.78 is 27.1. The molecule has 0 saturated carbocycles. The molecular weight excluding hydrogens is 691 g/mol. The summed E-state index contributed by atoms with van der Waals surface area (Å²) in [6.45, 7) is 8.59. The fourth-order valence-corrected chi connectivity index (χ4v) is 12.7. The Hall–Kier alpha value is -3.96. The van der Waals surface area contributed by atoms with Gasteiger partial charge < -0.3 is 23.7 Å². The van der Waals surface area contributed by atoms with E-state index in [9.17, 15) is 5.11 Å². The molecule has 2 aliphatic heterocycles. The lowest BCUT2D eigenvalue weighted by molar-refractivity contribution is -0.215. The first kappa shape index (κ1) is 38.3. The third-order valence-corrected chi connectivity index (χ3v) is 15.8. The van der Waals surface area contributed by atoms with Gasteiger partial charge in [-0.25, -0.2) is 0 Å². The molecule has 0 amide bonds. The van der Waals surface area contributed by atoms with E-state index in [0.717, 1.165) is 16.7 Å². The van der Waals surface area contributed by atoms with Crippen LogP contribution in [0.2, 0.25) is 5.04 Å². The molecule has 0 radical (unpaired) electrons. The molecule has 2 heterocycles. The predicted molar refractivity (Wildman–Crippen MR) is 215 cm³/mol. The van der Waals surface area contributed by atoms with E-state index in [1.54, 1.807) is 0 Å². The molecule has 8 heteroatoms. The van der Waals surface area contributed by atoms with Crippen LogP contribution in [-0.4, -0.2) is 68.2 Å². The van der Waals surface area contributed by atoms with E-state index in [2.05, 4.69) is 106 Å². The summed E-state index contributed by atoms with van der Waals surface area (Å²) in [5.41, 5.74) is 3.27. The second kappa shape index (κ2) is 17.7. The molecule has 0 bridgehead atoms. The molecule has 7 nitrogen and oxygen atoms in total. The van der Waals surface area contributed by atoms with Crippen molar-refractivity contribution in [2.75, 3.05) is 13.2 Å². The number of hydrogen-bond acceptors (Lipinski definition) is 7. The molecule has 1 N–H and O–H groups in total. The molecule has 5 aromatic carbocycles. The third kappa shape index (κ3) is 8.62. The van der Waals surface area contributed by atoms with Gasteiger partial charge in [-0.05, 0) is 38.5 Å². The van der Waals surface area contributed by atoms with Crippen LogP contribution in [0.25, 0.3) is 0 Å². The van der Waals surface area contributed by atoms with Crippen LogP contribution >= 0.6 is 0 Å². The van der Waals surface area contributed by atoms with E-state index in [0.29, 0.717) is 32.8 Å². The van der Waals surface area contributed by atoms with Crippen molar-refractivity contribution in [1.82, 2.24) is 5.06 Å². The van der Waals surface area contributed by atoms with Crippen molar-refractivity contribution in [2.45, 2.75) is 88.6 Å². The van der Waals surface area contributed by atoms with Crippen molar-refractivity contribution in [2.24, 2.45) is 0 Å². The molecule has 0 unspecified atom stereocenters. The van der Waals surface area contributed by atoms with Crippen molar-refractivity contribution in [3.8, 4) is 0 Å². The van der Waals surface area contributed by atoms with Crippen molar-refractivity contribution in [3.63, 3.8) is 0 Å². The summed E-state index contributed by atoms with van der Waals surface area (Å²) in [5, 5.41) is 16.1. The zero-order valence-electron chi connectivity index (χ0n) is 31.6. The quantitative estimate of drug-likeness (QED) is 0.109. The maximum atomic E-state index is 12.0. The Bertz CT molecular complexity index is 1800. The van der Waals surface area contributed by atoms with Crippen molar-refractivity contribution < 1.29 is 28.6 Å². The monoisotopic (exact) mass is 743 g/mol. The first-order valence-corrected chi connectivity index (χ1v) is 21.1. The highest BCUT2D eigenvalue weighted by molar-refractivity contribution is 6.99. The Morgan fingerprint density at radius 2 is 1.09 bits per heavy atom. The molecule has 0 aliphatic carbocycles. The first-order chi connectivity index (χ1) is 26.3. The van der Waals surface area contributed by atoms with E-state index in [-0.39, 0.29) is 35.9 Å². The molecule has 5 aromatic rings. The summed E-state index contributed by atoms with van der Waals surface area (Å²) in [5.74, 6) is 0. The van der Waals surface area contributed by atoms with Crippen LogP contribution in [0.3, 0.4) is 0 Å². The SMILES string of the molecule is CC(C)(C)[Si](OC[C@@H](O)[C@H]1C[C@@H]2[C@@H](OCc3ccccc3)[C@H](OCc3ccccc3)[C@@H](COCc3ccccc3)N2O1)(c1ccccc1)c1ccccc1. The molecule has 2 fully saturated rings. The summed E-state index contributed by atoms with van der Waals surface area (Å²) in [6.07, 6.45) is -1.47. The van der Waals surface area contributed by atoms with Gasteiger partial charge in [0.1, 0.15) is 24.4 Å². The zero-order valence-corrected chi connectivity index (χ0v) is 32.6. The van der Waals surface area contributed by atoms with Crippen LogP contribution in [0.4, 0.5) is 0 Å². The molecular formula is C46H53NO6Si. The van der Waals surface area contributed by atoms with Crippen LogP contribution in [-0.2, 0) is 43.3 Å². The van der Waals surface area contributed by atoms with Gasteiger partial charge in [0.25, 0.3) is 8.32 Å². The Kier molecular flexibility index (Phi) is 12.5. The summed E-state index contributed by atoms with van der Waals surface area (Å²) in [4.78, 5) is 6.77. The molecule has 0 aromatic heterocycles. The minimum absolute atomic E-state index is 0.136. The van der Waals surface area contributed by atoms with Crippen LogP contribution in [0, 0.1) is 0 Å². The summed E-state index contributed by atoms with van der Waals surface area (Å²) in [6, 6.07) is 51.3. The first-order valence-electron chi connectivity index (χ1n) is 19.1. The second-order valence-electron chi connectivity index (χ2n) is 15.4. The number of aliphatic hydroxyl groups excluding tert-OH is 1. The maximum absolute atomic E-state index is 12.0. The molecule has 2 aliphatic rings. The Morgan fingerprint density at radius 3 is 1.57 bits per heavy atom. The molecule has 282 valence electrons. The normalized spacial score (nSPS) is 22.3. The van der Waals surface area contributed by atoms with E-state index in [1.165, 1.54) is 10.4 Å². The Labute approximate surface area is 321 Å². The third-order valence-electron chi connectivity index (χ3n) is 10.8. The molecule has 54 heavy (non-hydrogen) atoms. The van der Waals surface area contributed by atoms with Crippen molar-refractivity contribution >= 4 is 18.7 Å². The lowest BCUT2D eigenvalue weighted by Gasteiger charge is -2.43. The topological polar surface area (TPSA) is 69.6 Å². The average molecular weight is 744 g/mol. The molecule has 6 atom stereocenters. The zero-order chi connectivity index (χ0) is 37.4. The lowest BCUT2D eigenvalue weighted by Crippen LogP contribution is -2.67. The standard InChI is InChI=1S/C46H53NO6Si/c1-46(2,3)54(38-25-15-7-16-26-38,39-27-17-8-18-28-39)52-34-42(48)43-29-40-44(50-31-36-21-11-5-12-22-36)45(51-32-37-23-13-6-14-24-37)41(47(40)53-43)33-49-30-35-19-9-4-10-20-35/h4-28,40-45,48H,29-34H2,1-3H3/t40-,41-,42-,43-,44-,45-/m1/s1. The predicted octanol–water partition coefficient (Wildman–Crippen LogP) is 7.07. The molecule has 7 rings (SSSR count).